The first-order chi connectivity index (χ1) is 6.91. The Morgan fingerprint density at radius 1 is 1.21 bits per heavy atom. The summed E-state index contributed by atoms with van der Waals surface area (Å²) in [6.07, 6.45) is 5.23. The van der Waals surface area contributed by atoms with Gasteiger partial charge in [0.05, 0.1) is 0 Å². The fourth-order valence-electron chi connectivity index (χ4n) is 3.53. The molecular weight excluding hydrogens is 176 g/mol. The van der Waals surface area contributed by atoms with Crippen LogP contribution in [0.1, 0.15) is 25.7 Å². The molecule has 0 bridgehead atoms. The Bertz CT molecular complexity index is 208. The predicted octanol–water partition coefficient (Wildman–Crippen LogP) is 0.603. The molecule has 0 aromatic heterocycles. The van der Waals surface area contributed by atoms with Gasteiger partial charge in [-0.25, -0.2) is 0 Å². The SMILES string of the molecule is C1C[C@@H]2N(C1)CCNC21CCOCC1. The monoisotopic (exact) mass is 196 g/mol. The van der Waals surface area contributed by atoms with Crippen molar-refractivity contribution >= 4 is 0 Å². The van der Waals surface area contributed by atoms with Gasteiger partial charge in [0.2, 0.25) is 0 Å². The van der Waals surface area contributed by atoms with Crippen LogP contribution in [0.25, 0.3) is 0 Å². The van der Waals surface area contributed by atoms with Gasteiger partial charge in [-0.2, -0.15) is 0 Å². The standard InChI is InChI=1S/C11H20N2O/c1-2-10-11(3-8-14-9-4-11)12-5-7-13(10)6-1/h10,12H,1-9H2/t10-/m0/s1. The Morgan fingerprint density at radius 3 is 2.93 bits per heavy atom. The number of fused-ring (bicyclic) bond motifs is 2. The van der Waals surface area contributed by atoms with Gasteiger partial charge < -0.3 is 10.1 Å². The van der Waals surface area contributed by atoms with E-state index in [-0.39, 0.29) is 0 Å². The third-order valence-corrected chi connectivity index (χ3v) is 4.26. The van der Waals surface area contributed by atoms with Crippen molar-refractivity contribution in [2.75, 3.05) is 32.8 Å². The van der Waals surface area contributed by atoms with Crippen molar-refractivity contribution in [1.29, 1.82) is 0 Å². The molecule has 3 aliphatic heterocycles. The number of hydrogen-bond donors (Lipinski definition) is 1. The molecule has 3 fully saturated rings. The Balaban J connectivity index is 1.81. The zero-order valence-electron chi connectivity index (χ0n) is 8.80. The van der Waals surface area contributed by atoms with E-state index in [2.05, 4.69) is 10.2 Å². The lowest BCUT2D eigenvalue weighted by Crippen LogP contribution is -2.66. The summed E-state index contributed by atoms with van der Waals surface area (Å²) < 4.78 is 5.49. The van der Waals surface area contributed by atoms with Crippen molar-refractivity contribution in [1.82, 2.24) is 10.2 Å². The minimum atomic E-state index is 0.410. The Labute approximate surface area is 85.8 Å². The summed E-state index contributed by atoms with van der Waals surface area (Å²) in [4.78, 5) is 2.70. The quantitative estimate of drug-likeness (QED) is 0.614. The number of rotatable bonds is 0. The van der Waals surface area contributed by atoms with E-state index >= 15 is 0 Å². The average molecular weight is 196 g/mol. The maximum Gasteiger partial charge on any atom is 0.0484 e. The van der Waals surface area contributed by atoms with Gasteiger partial charge in [0.15, 0.2) is 0 Å². The average Bonchev–Trinajstić information content (AvgIpc) is 2.69. The second-order valence-electron chi connectivity index (χ2n) is 4.89. The minimum absolute atomic E-state index is 0.410. The van der Waals surface area contributed by atoms with Gasteiger partial charge in [0.25, 0.3) is 0 Å². The van der Waals surface area contributed by atoms with Crippen LogP contribution in [0.3, 0.4) is 0 Å². The summed E-state index contributed by atoms with van der Waals surface area (Å²) in [5.74, 6) is 0. The first-order valence-corrected chi connectivity index (χ1v) is 5.98. The maximum atomic E-state index is 5.49. The summed E-state index contributed by atoms with van der Waals surface area (Å²) in [5, 5.41) is 3.78. The van der Waals surface area contributed by atoms with E-state index in [1.165, 1.54) is 45.3 Å². The van der Waals surface area contributed by atoms with Crippen LogP contribution in [0, 0.1) is 0 Å². The highest BCUT2D eigenvalue weighted by molar-refractivity contribution is 5.06. The highest BCUT2D eigenvalue weighted by atomic mass is 16.5. The van der Waals surface area contributed by atoms with Crippen LogP contribution in [-0.4, -0.2) is 49.3 Å². The molecule has 0 unspecified atom stereocenters. The van der Waals surface area contributed by atoms with Gasteiger partial charge in [-0.1, -0.05) is 0 Å². The van der Waals surface area contributed by atoms with Gasteiger partial charge >= 0.3 is 0 Å². The second-order valence-corrected chi connectivity index (χ2v) is 4.89. The lowest BCUT2D eigenvalue weighted by atomic mass is 9.80. The Morgan fingerprint density at radius 2 is 2.07 bits per heavy atom. The molecule has 0 saturated carbocycles. The molecule has 3 nitrogen and oxygen atoms in total. The number of nitrogens with one attached hydrogen (secondary N) is 1. The number of hydrogen-bond acceptors (Lipinski definition) is 3. The van der Waals surface area contributed by atoms with Gasteiger partial charge in [0, 0.05) is 37.9 Å². The first kappa shape index (κ1) is 9.13. The Hall–Kier alpha value is -0.120. The smallest absolute Gasteiger partial charge is 0.0484 e. The van der Waals surface area contributed by atoms with Crippen LogP contribution in [0.15, 0.2) is 0 Å². The fourth-order valence-corrected chi connectivity index (χ4v) is 3.53. The minimum Gasteiger partial charge on any atom is -0.381 e. The molecule has 1 spiro atoms. The normalized spacial score (nSPS) is 37.3. The zero-order valence-corrected chi connectivity index (χ0v) is 8.80. The molecule has 3 rings (SSSR count). The molecule has 3 heterocycles. The molecule has 0 aromatic carbocycles. The molecule has 1 atom stereocenters. The van der Waals surface area contributed by atoms with Crippen LogP contribution >= 0.6 is 0 Å². The van der Waals surface area contributed by atoms with Crippen molar-refractivity contribution < 1.29 is 4.74 Å². The summed E-state index contributed by atoms with van der Waals surface area (Å²) in [6, 6.07) is 0.806. The van der Waals surface area contributed by atoms with E-state index in [9.17, 15) is 0 Å². The molecule has 0 aliphatic carbocycles. The largest absolute Gasteiger partial charge is 0.381 e. The third-order valence-electron chi connectivity index (χ3n) is 4.26. The molecule has 0 aromatic rings. The van der Waals surface area contributed by atoms with Gasteiger partial charge in [0.1, 0.15) is 0 Å². The van der Waals surface area contributed by atoms with Crippen LogP contribution in [0.2, 0.25) is 0 Å². The molecule has 0 radical (unpaired) electrons. The molecule has 1 N–H and O–H groups in total. The molecule has 80 valence electrons. The molecule has 3 saturated heterocycles. The number of ether oxygens (including phenoxy) is 1. The second kappa shape index (κ2) is 3.47. The maximum absolute atomic E-state index is 5.49. The molecule has 3 heteroatoms. The number of nitrogens with zero attached hydrogens (tertiary/aromatic N) is 1. The van der Waals surface area contributed by atoms with Crippen LogP contribution < -0.4 is 5.32 Å². The lowest BCUT2D eigenvalue weighted by molar-refractivity contribution is -0.0162. The highest BCUT2D eigenvalue weighted by Crippen LogP contribution is 2.35. The summed E-state index contributed by atoms with van der Waals surface area (Å²) in [6.45, 7) is 5.67. The van der Waals surface area contributed by atoms with E-state index in [1.807, 2.05) is 0 Å². The van der Waals surface area contributed by atoms with Crippen molar-refractivity contribution in [2.24, 2.45) is 0 Å². The Kier molecular flexibility index (Phi) is 2.26. The summed E-state index contributed by atoms with van der Waals surface area (Å²) in [5.41, 5.74) is 0.410. The van der Waals surface area contributed by atoms with Gasteiger partial charge in [-0.05, 0) is 32.2 Å². The molecule has 0 amide bonds. The van der Waals surface area contributed by atoms with Crippen LogP contribution in [0.4, 0.5) is 0 Å². The van der Waals surface area contributed by atoms with Gasteiger partial charge in [-0.15, -0.1) is 0 Å². The van der Waals surface area contributed by atoms with Crippen LogP contribution in [-0.2, 0) is 4.74 Å². The zero-order chi connectivity index (χ0) is 9.43. The topological polar surface area (TPSA) is 24.5 Å². The molecule has 3 aliphatic rings. The van der Waals surface area contributed by atoms with Crippen molar-refractivity contribution in [3.8, 4) is 0 Å². The van der Waals surface area contributed by atoms with E-state index < -0.39 is 0 Å². The summed E-state index contributed by atoms with van der Waals surface area (Å²) in [7, 11) is 0. The van der Waals surface area contributed by atoms with Crippen LogP contribution in [0.5, 0.6) is 0 Å². The van der Waals surface area contributed by atoms with Gasteiger partial charge in [-0.3, -0.25) is 4.90 Å². The number of piperazine rings is 1. The highest BCUT2D eigenvalue weighted by Gasteiger charge is 2.46. The predicted molar refractivity (Wildman–Crippen MR) is 55.4 cm³/mol. The van der Waals surface area contributed by atoms with E-state index in [4.69, 9.17) is 4.74 Å². The lowest BCUT2D eigenvalue weighted by Gasteiger charge is -2.50. The van der Waals surface area contributed by atoms with Crippen molar-refractivity contribution in [2.45, 2.75) is 37.3 Å². The van der Waals surface area contributed by atoms with Crippen molar-refractivity contribution in [3.05, 3.63) is 0 Å². The molecule has 14 heavy (non-hydrogen) atoms. The van der Waals surface area contributed by atoms with E-state index in [0.29, 0.717) is 5.54 Å². The molecular formula is C11H20N2O. The first-order valence-electron chi connectivity index (χ1n) is 5.98. The van der Waals surface area contributed by atoms with E-state index in [0.717, 1.165) is 19.3 Å². The van der Waals surface area contributed by atoms with Crippen molar-refractivity contribution in [3.63, 3.8) is 0 Å². The fraction of sp³-hybridized carbons (Fsp3) is 1.00. The third kappa shape index (κ3) is 1.30. The summed E-state index contributed by atoms with van der Waals surface area (Å²) >= 11 is 0. The van der Waals surface area contributed by atoms with E-state index in [1.54, 1.807) is 0 Å².